The molecule has 0 spiro atoms. The molecule has 240 valence electrons. The Bertz CT molecular complexity index is 1710. The number of nitrogens with one attached hydrogen (secondary N) is 1. The lowest BCUT2D eigenvalue weighted by Gasteiger charge is -2.24. The highest BCUT2D eigenvalue weighted by Crippen LogP contribution is 2.38. The van der Waals surface area contributed by atoms with E-state index < -0.39 is 54.2 Å². The summed E-state index contributed by atoms with van der Waals surface area (Å²) in [6.07, 6.45) is -4.61. The number of aromatic carboxylic acids is 1. The minimum absolute atomic E-state index is 0.0697. The van der Waals surface area contributed by atoms with Crippen LogP contribution in [0.15, 0.2) is 60.7 Å². The van der Waals surface area contributed by atoms with Gasteiger partial charge in [0.25, 0.3) is 0 Å². The van der Waals surface area contributed by atoms with Gasteiger partial charge in [-0.25, -0.2) is 19.7 Å². The second-order valence-electron chi connectivity index (χ2n) is 10.7. The van der Waals surface area contributed by atoms with Crippen molar-refractivity contribution in [1.82, 2.24) is 19.5 Å². The van der Waals surface area contributed by atoms with Crippen LogP contribution in [0.3, 0.4) is 0 Å². The van der Waals surface area contributed by atoms with E-state index in [-0.39, 0.29) is 29.5 Å². The van der Waals surface area contributed by atoms with E-state index in [1.807, 2.05) is 60.7 Å². The van der Waals surface area contributed by atoms with Crippen LogP contribution in [0.4, 0.5) is 5.82 Å². The van der Waals surface area contributed by atoms with Crippen molar-refractivity contribution >= 4 is 40.9 Å². The van der Waals surface area contributed by atoms with E-state index in [4.69, 9.17) is 18.9 Å². The van der Waals surface area contributed by atoms with Gasteiger partial charge >= 0.3 is 23.9 Å². The van der Waals surface area contributed by atoms with Crippen LogP contribution in [0.1, 0.15) is 60.5 Å². The largest absolute Gasteiger partial charge is 0.475 e. The zero-order valence-electron chi connectivity index (χ0n) is 25.6. The zero-order chi connectivity index (χ0) is 33.0. The molecule has 0 radical (unpaired) electrons. The van der Waals surface area contributed by atoms with Gasteiger partial charge in [-0.3, -0.25) is 19.0 Å². The maximum Gasteiger partial charge on any atom is 0.374 e. The number of rotatable bonds is 11. The van der Waals surface area contributed by atoms with Crippen LogP contribution in [-0.4, -0.2) is 80.0 Å². The van der Waals surface area contributed by atoms with Crippen LogP contribution in [0.25, 0.3) is 11.2 Å². The van der Waals surface area contributed by atoms with Crippen molar-refractivity contribution in [3.05, 3.63) is 83.4 Å². The van der Waals surface area contributed by atoms with Gasteiger partial charge in [0.15, 0.2) is 35.4 Å². The lowest BCUT2D eigenvalue weighted by molar-refractivity contribution is -0.166. The minimum atomic E-state index is -1.38. The molecule has 2 N–H and O–H groups in total. The van der Waals surface area contributed by atoms with E-state index in [2.05, 4.69) is 20.3 Å². The molecule has 14 nitrogen and oxygen atoms in total. The van der Waals surface area contributed by atoms with Crippen LogP contribution in [0.2, 0.25) is 0 Å². The summed E-state index contributed by atoms with van der Waals surface area (Å²) in [6.45, 7) is 5.24. The van der Waals surface area contributed by atoms with Gasteiger partial charge in [0.1, 0.15) is 18.5 Å². The second-order valence-corrected chi connectivity index (χ2v) is 10.7. The molecule has 14 heteroatoms. The fourth-order valence-electron chi connectivity index (χ4n) is 5.50. The Morgan fingerprint density at radius 3 is 2.00 bits per heavy atom. The van der Waals surface area contributed by atoms with E-state index in [1.165, 1.54) is 25.3 Å². The molecule has 1 aliphatic heterocycles. The molecular formula is C32H33N5O9. The van der Waals surface area contributed by atoms with E-state index in [1.54, 1.807) is 6.92 Å². The molecule has 0 amide bonds. The van der Waals surface area contributed by atoms with Gasteiger partial charge in [-0.1, -0.05) is 60.7 Å². The van der Waals surface area contributed by atoms with Crippen molar-refractivity contribution in [2.24, 2.45) is 0 Å². The summed E-state index contributed by atoms with van der Waals surface area (Å²) in [7, 11) is 0. The normalized spacial score (nSPS) is 19.2. The monoisotopic (exact) mass is 631 g/mol. The number of carbonyl (C=O) groups is 4. The molecule has 46 heavy (non-hydrogen) atoms. The number of fused-ring (bicyclic) bond motifs is 1. The first-order valence-electron chi connectivity index (χ1n) is 14.5. The molecular weight excluding hydrogens is 598 g/mol. The zero-order valence-corrected chi connectivity index (χ0v) is 25.6. The van der Waals surface area contributed by atoms with Gasteiger partial charge in [0.05, 0.1) is 0 Å². The Morgan fingerprint density at radius 2 is 1.46 bits per heavy atom. The Labute approximate surface area is 263 Å². The van der Waals surface area contributed by atoms with Gasteiger partial charge in [-0.15, -0.1) is 0 Å². The number of imidazole rings is 1. The number of esters is 3. The standard InChI is InChI=1S/C32H33N5O9/c1-17-34-25-28(33-15-23(21-11-7-5-8-12-21)22-13-9-6-10-14-22)35-29(32(41)42)36-30(25)37(17)31-27(45-20(4)40)26(44-19(3)39)24(46-31)16-43-18(2)38/h5-14,23-24,26-27,31H,15-16H2,1-4H3,(H,41,42)(H,33,35,36)/t24-,26-,27-,31-/m1/s1. The average molecular weight is 632 g/mol. The highest BCUT2D eigenvalue weighted by molar-refractivity contribution is 5.90. The van der Waals surface area contributed by atoms with Gasteiger partial charge < -0.3 is 29.4 Å². The summed E-state index contributed by atoms with van der Waals surface area (Å²) in [5.41, 5.74) is 2.37. The molecule has 0 aliphatic carbocycles. The molecule has 4 atom stereocenters. The Morgan fingerprint density at radius 1 is 0.870 bits per heavy atom. The van der Waals surface area contributed by atoms with Crippen LogP contribution >= 0.6 is 0 Å². The Balaban J connectivity index is 1.58. The van der Waals surface area contributed by atoms with E-state index in [9.17, 15) is 24.3 Å². The summed E-state index contributed by atoms with van der Waals surface area (Å²) in [6, 6.07) is 19.7. The Kier molecular flexibility index (Phi) is 9.56. The number of carboxylic acids is 1. The summed E-state index contributed by atoms with van der Waals surface area (Å²) in [5.74, 6) is -3.51. The quantitative estimate of drug-likeness (QED) is 0.182. The van der Waals surface area contributed by atoms with Crippen molar-refractivity contribution in [3.8, 4) is 0 Å². The number of hydrogen-bond donors (Lipinski definition) is 2. The van der Waals surface area contributed by atoms with Crippen molar-refractivity contribution in [2.75, 3.05) is 18.5 Å². The summed E-state index contributed by atoms with van der Waals surface area (Å²) in [4.78, 5) is 61.3. The van der Waals surface area contributed by atoms with Crippen molar-refractivity contribution in [1.29, 1.82) is 0 Å². The number of anilines is 1. The molecule has 2 aromatic carbocycles. The SMILES string of the molecule is CC(=O)OC[C@H]1O[C@@H](n2c(C)nc3c(NCC(c4ccccc4)c4ccccc4)nc(C(=O)O)nc32)[C@H](OC(C)=O)[C@@H]1OC(C)=O. The van der Waals surface area contributed by atoms with E-state index >= 15 is 0 Å². The number of benzene rings is 2. The topological polar surface area (TPSA) is 181 Å². The Hall–Kier alpha value is -5.37. The summed E-state index contributed by atoms with van der Waals surface area (Å²) in [5, 5.41) is 13.2. The van der Waals surface area contributed by atoms with Crippen LogP contribution in [-0.2, 0) is 33.3 Å². The molecule has 0 unspecified atom stereocenters. The maximum absolute atomic E-state index is 12.2. The van der Waals surface area contributed by atoms with Gasteiger partial charge in [0.2, 0.25) is 5.82 Å². The maximum atomic E-state index is 12.2. The fourth-order valence-corrected chi connectivity index (χ4v) is 5.50. The smallest absolute Gasteiger partial charge is 0.374 e. The van der Waals surface area contributed by atoms with Gasteiger partial charge in [-0.05, 0) is 18.1 Å². The number of nitrogens with zero attached hydrogens (tertiary/aromatic N) is 4. The fraction of sp³-hybridized carbons (Fsp3) is 0.344. The average Bonchev–Trinajstić information content (AvgIpc) is 3.51. The first-order chi connectivity index (χ1) is 22.0. The van der Waals surface area contributed by atoms with Crippen LogP contribution < -0.4 is 5.32 Å². The minimum Gasteiger partial charge on any atom is -0.475 e. The lowest BCUT2D eigenvalue weighted by atomic mass is 9.91. The molecule has 1 aliphatic rings. The predicted octanol–water partition coefficient (Wildman–Crippen LogP) is 3.40. The first-order valence-corrected chi connectivity index (χ1v) is 14.5. The number of carboxylic acid groups (broad SMARTS) is 1. The molecule has 1 fully saturated rings. The van der Waals surface area contributed by atoms with Crippen molar-refractivity contribution in [3.63, 3.8) is 0 Å². The predicted molar refractivity (Wildman–Crippen MR) is 162 cm³/mol. The van der Waals surface area contributed by atoms with Crippen molar-refractivity contribution < 1.29 is 43.2 Å². The number of aromatic nitrogens is 4. The molecule has 5 rings (SSSR count). The third kappa shape index (κ3) is 6.96. The number of carbonyl (C=O) groups excluding carboxylic acids is 3. The second kappa shape index (κ2) is 13.7. The lowest BCUT2D eigenvalue weighted by Crippen LogP contribution is -2.40. The third-order valence-electron chi connectivity index (χ3n) is 7.38. The first kappa shape index (κ1) is 32.0. The van der Waals surface area contributed by atoms with Crippen LogP contribution in [0, 0.1) is 6.92 Å². The third-order valence-corrected chi connectivity index (χ3v) is 7.38. The van der Waals surface area contributed by atoms with E-state index in [0.29, 0.717) is 12.4 Å². The number of ether oxygens (including phenoxy) is 4. The van der Waals surface area contributed by atoms with E-state index in [0.717, 1.165) is 11.1 Å². The summed E-state index contributed by atoms with van der Waals surface area (Å²) >= 11 is 0. The highest BCUT2D eigenvalue weighted by atomic mass is 16.7. The van der Waals surface area contributed by atoms with Crippen molar-refractivity contribution in [2.45, 2.75) is 58.2 Å². The summed E-state index contributed by atoms with van der Waals surface area (Å²) < 4.78 is 23.8. The molecule has 4 aromatic rings. The van der Waals surface area contributed by atoms with Gasteiger partial charge in [-0.2, -0.15) is 0 Å². The highest BCUT2D eigenvalue weighted by Gasteiger charge is 2.51. The number of aryl methyl sites for hydroxylation is 1. The van der Waals surface area contributed by atoms with Crippen LogP contribution in [0.5, 0.6) is 0 Å². The molecule has 2 aromatic heterocycles. The van der Waals surface area contributed by atoms with Gasteiger partial charge in [0, 0.05) is 33.2 Å². The molecule has 0 saturated carbocycles. The number of hydrogen-bond acceptors (Lipinski definition) is 12. The molecule has 0 bridgehead atoms. The molecule has 3 heterocycles. The molecule has 1 saturated heterocycles.